The molecule has 4 atom stereocenters. The van der Waals surface area contributed by atoms with Crippen LogP contribution in [0.4, 0.5) is 8.78 Å². The number of pyridine rings is 4. The van der Waals surface area contributed by atoms with Crippen LogP contribution in [0.1, 0.15) is 116 Å². The first-order chi connectivity index (χ1) is 63.2. The molecule has 0 bridgehead atoms. The van der Waals surface area contributed by atoms with E-state index in [2.05, 4.69) is 138 Å². The third-order valence-electron chi connectivity index (χ3n) is 25.5. The number of likely N-dealkylation sites (tertiary alicyclic amines) is 4. The molecule has 28 heteroatoms. The molecule has 129 heavy (non-hydrogen) atoms. The number of halogens is 3. The number of nitrogens with one attached hydrogen (secondary N) is 4. The lowest BCUT2D eigenvalue weighted by atomic mass is 10.0. The van der Waals surface area contributed by atoms with Crippen LogP contribution >= 0.6 is 11.6 Å². The smallest absolute Gasteiger partial charge is 0.253 e. The molecule has 4 aromatic carbocycles. The Kier molecular flexibility index (Phi) is 28.1. The standard InChI is InChI=1S/C26H28FN5O.C25H26ClN5O.C25H26FN5O.C25H24N6O/c27-22-5-1-3-19(15-22)6-9-26(33)31-12-2-4-20(10-13-31)18-32-14-11-24-25(32)8-7-23(30-24)21-16-28-29-17-21;2*26-21-5-1-3-19(13-21)14-25(32)30-10-2-4-18(8-11-30)17-31-12-9-23-24(31)7-6-22(29-23)20-15-27-28-16-20;26-14-18-3-5-20(6-4-18)25(32)30-11-1-2-19(9-12-30)17-31-13-10-23-24(31)8-7-22(29-23)21-15-27-28-16-21/h1,3,5,7-8,11,14-17,20H,2,4,6,9-10,12-13,18H2,(H,28,29);2*1,3,5-7,9,12-13,15-16,18H,2,4,8,10-11,14,17H2,(H,27,28);3-8,10,13,15-16,19H,1-2,9,11-12,17H2,(H,27,28). The largest absolute Gasteiger partial charge is 0.346 e. The van der Waals surface area contributed by atoms with Gasteiger partial charge in [0.1, 0.15) is 11.6 Å². The van der Waals surface area contributed by atoms with E-state index in [1.807, 2.05) is 105 Å². The molecule has 20 rings (SSSR count). The van der Waals surface area contributed by atoms with E-state index in [1.165, 1.54) is 24.3 Å². The van der Waals surface area contributed by atoms with Crippen molar-refractivity contribution in [2.24, 2.45) is 23.7 Å². The fourth-order valence-electron chi connectivity index (χ4n) is 18.4. The van der Waals surface area contributed by atoms with Crippen LogP contribution in [-0.2, 0) is 59.8 Å². The van der Waals surface area contributed by atoms with Gasteiger partial charge in [-0.2, -0.15) is 25.7 Å². The van der Waals surface area contributed by atoms with Crippen LogP contribution in [0.3, 0.4) is 0 Å². The molecule has 0 saturated carbocycles. The molecule has 4 unspecified atom stereocenters. The van der Waals surface area contributed by atoms with Crippen LogP contribution < -0.4 is 0 Å². The number of hydrogen-bond donors (Lipinski definition) is 4. The van der Waals surface area contributed by atoms with E-state index in [4.69, 9.17) is 36.8 Å². The van der Waals surface area contributed by atoms with Crippen molar-refractivity contribution in [3.63, 3.8) is 0 Å². The van der Waals surface area contributed by atoms with E-state index >= 15 is 0 Å². The van der Waals surface area contributed by atoms with Crippen molar-refractivity contribution in [3.05, 3.63) is 289 Å². The monoisotopic (exact) mass is 1750 g/mol. The number of nitrogens with zero attached hydrogens (tertiary/aromatic N) is 17. The fraction of sp³-hybridized carbons (Fsp3) is 0.317. The SMILES string of the molecule is N#Cc1ccc(C(=O)N2CCCC(Cn3ccc4nc(-c5cn[nH]c5)ccc43)CC2)cc1.O=C(CCc1cccc(F)c1)N1CCCC(Cn2ccc3nc(-c4cn[nH]c4)ccc32)CC1.O=C(Cc1cccc(Cl)c1)N1CCCC(Cn2ccc3nc(-c4cn[nH]c4)ccc32)CC1.O=C(Cc1cccc(F)c1)N1CCCC(Cn2ccc3nc(-c4cn[nH]c4)ccc32)CC1. The predicted molar refractivity (Wildman–Crippen MR) is 495 cm³/mol. The number of benzene rings is 4. The third kappa shape index (κ3) is 22.3. The summed E-state index contributed by atoms with van der Waals surface area (Å²) < 4.78 is 35.9. The Balaban J connectivity index is 0.000000121. The molecular formula is C101H104ClF2N21O4. The van der Waals surface area contributed by atoms with Crippen LogP contribution in [0, 0.1) is 46.6 Å². The molecule has 4 N–H and O–H groups in total. The van der Waals surface area contributed by atoms with Gasteiger partial charge in [0.25, 0.3) is 5.91 Å². The maximum Gasteiger partial charge on any atom is 0.253 e. The topological polar surface area (TPSA) is 291 Å². The number of fused-ring (bicyclic) bond motifs is 4. The van der Waals surface area contributed by atoms with Gasteiger partial charge in [0.05, 0.1) is 116 Å². The number of aromatic amines is 4. The molecule has 0 spiro atoms. The van der Waals surface area contributed by atoms with Crippen LogP contribution in [0.15, 0.2) is 244 Å². The Morgan fingerprint density at radius 1 is 0.380 bits per heavy atom. The molecule has 0 aliphatic carbocycles. The Hall–Kier alpha value is -14.0. The van der Waals surface area contributed by atoms with E-state index in [9.17, 15) is 28.0 Å². The minimum atomic E-state index is -0.295. The summed E-state index contributed by atoms with van der Waals surface area (Å²) in [5, 5.41) is 37.0. The minimum Gasteiger partial charge on any atom is -0.346 e. The zero-order valence-electron chi connectivity index (χ0n) is 72.1. The number of carbonyl (C=O) groups is 4. The number of amides is 4. The number of hydrogen-bond acceptors (Lipinski definition) is 13. The highest BCUT2D eigenvalue weighted by molar-refractivity contribution is 6.30. The quantitative estimate of drug-likeness (QED) is 0.0553. The summed E-state index contributed by atoms with van der Waals surface area (Å²) in [4.78, 5) is 78.2. The molecule has 25 nitrogen and oxygen atoms in total. The average molecular weight is 1750 g/mol. The van der Waals surface area contributed by atoms with Crippen molar-refractivity contribution in [3.8, 4) is 51.1 Å². The Labute approximate surface area is 751 Å². The first-order valence-corrected chi connectivity index (χ1v) is 45.2. The highest BCUT2D eigenvalue weighted by Crippen LogP contribution is 2.33. The Morgan fingerprint density at radius 2 is 0.721 bits per heavy atom. The summed E-state index contributed by atoms with van der Waals surface area (Å²) >= 11 is 6.07. The molecule has 4 fully saturated rings. The van der Waals surface area contributed by atoms with Crippen molar-refractivity contribution in [2.45, 2.75) is 129 Å². The van der Waals surface area contributed by atoms with Gasteiger partial charge in [-0.15, -0.1) is 0 Å². The number of rotatable bonds is 20. The van der Waals surface area contributed by atoms with Gasteiger partial charge in [-0.3, -0.25) is 39.6 Å². The summed E-state index contributed by atoms with van der Waals surface area (Å²) in [6.07, 6.45) is 37.1. The molecule has 16 heterocycles. The van der Waals surface area contributed by atoms with Crippen molar-refractivity contribution in [1.82, 2.24) is 98.6 Å². The molecule has 4 aliphatic heterocycles. The molecule has 658 valence electrons. The molecular weight excluding hydrogens is 1640 g/mol. The van der Waals surface area contributed by atoms with Gasteiger partial charge < -0.3 is 37.9 Å². The van der Waals surface area contributed by atoms with Gasteiger partial charge in [0, 0.05) is 167 Å². The zero-order chi connectivity index (χ0) is 88.4. The fourth-order valence-corrected chi connectivity index (χ4v) is 18.6. The number of nitriles is 1. The molecule has 4 amide bonds. The van der Waals surface area contributed by atoms with Crippen LogP contribution in [0.2, 0.25) is 5.02 Å². The Bertz CT molecular complexity index is 6300. The second-order valence-electron chi connectivity index (χ2n) is 34.3. The van der Waals surface area contributed by atoms with Crippen molar-refractivity contribution in [2.75, 3.05) is 52.4 Å². The first-order valence-electron chi connectivity index (χ1n) is 44.8. The maximum atomic E-state index is 13.4. The second-order valence-corrected chi connectivity index (χ2v) is 34.7. The minimum absolute atomic E-state index is 0.0533. The van der Waals surface area contributed by atoms with Gasteiger partial charge in [-0.1, -0.05) is 48.0 Å². The third-order valence-corrected chi connectivity index (χ3v) is 25.7. The number of H-pyrrole nitrogens is 4. The van der Waals surface area contributed by atoms with Gasteiger partial charge >= 0.3 is 0 Å². The van der Waals surface area contributed by atoms with E-state index in [-0.39, 0.29) is 41.7 Å². The van der Waals surface area contributed by atoms with Gasteiger partial charge in [0.2, 0.25) is 17.7 Å². The lowest BCUT2D eigenvalue weighted by Gasteiger charge is -2.21. The summed E-state index contributed by atoms with van der Waals surface area (Å²) in [5.41, 5.74) is 19.9. The van der Waals surface area contributed by atoms with E-state index in [0.29, 0.717) is 59.1 Å². The predicted octanol–water partition coefficient (Wildman–Crippen LogP) is 18.5. The highest BCUT2D eigenvalue weighted by atomic mass is 35.5. The lowest BCUT2D eigenvalue weighted by Crippen LogP contribution is -2.33. The van der Waals surface area contributed by atoms with Crippen molar-refractivity contribution < 1.29 is 28.0 Å². The molecule has 12 aromatic heterocycles. The van der Waals surface area contributed by atoms with Crippen LogP contribution in [0.5, 0.6) is 0 Å². The van der Waals surface area contributed by atoms with Crippen molar-refractivity contribution >= 4 is 79.4 Å². The molecule has 4 saturated heterocycles. The lowest BCUT2D eigenvalue weighted by molar-refractivity contribution is -0.131. The van der Waals surface area contributed by atoms with E-state index in [1.54, 1.807) is 61.2 Å². The van der Waals surface area contributed by atoms with E-state index in [0.717, 1.165) is 261 Å². The first kappa shape index (κ1) is 87.1. The molecule has 0 radical (unpaired) electrons. The average Bonchev–Trinajstić information content (AvgIpc) is 1.67. The second kappa shape index (κ2) is 41.6. The maximum absolute atomic E-state index is 13.4. The van der Waals surface area contributed by atoms with Crippen LogP contribution in [-0.4, -0.2) is 175 Å². The summed E-state index contributed by atoms with van der Waals surface area (Å²) in [7, 11) is 0. The van der Waals surface area contributed by atoms with E-state index < -0.39 is 0 Å². The van der Waals surface area contributed by atoms with Gasteiger partial charge in [-0.25, -0.2) is 28.7 Å². The normalized spacial score (nSPS) is 16.8. The Morgan fingerprint density at radius 3 is 1.08 bits per heavy atom. The number of aromatic nitrogens is 16. The summed E-state index contributed by atoms with van der Waals surface area (Å²) in [5.74, 6) is 2.04. The summed E-state index contributed by atoms with van der Waals surface area (Å²) in [6.45, 7) is 10.0. The number of aryl methyl sites for hydroxylation is 1. The molecule has 16 aromatic rings. The molecule has 4 aliphatic rings. The van der Waals surface area contributed by atoms with Crippen molar-refractivity contribution in [1.29, 1.82) is 5.26 Å². The van der Waals surface area contributed by atoms with Crippen LogP contribution in [0.25, 0.3) is 89.2 Å². The zero-order valence-corrected chi connectivity index (χ0v) is 72.8. The van der Waals surface area contributed by atoms with Gasteiger partial charge in [-0.05, 0) is 257 Å². The number of carbonyl (C=O) groups excluding carboxylic acids is 4. The van der Waals surface area contributed by atoms with Gasteiger partial charge in [0.15, 0.2) is 0 Å². The highest BCUT2D eigenvalue weighted by Gasteiger charge is 2.28. The summed E-state index contributed by atoms with van der Waals surface area (Å²) in [6, 6.07) is 54.4.